The average Bonchev–Trinajstić information content (AvgIpc) is 3.23. The van der Waals surface area contributed by atoms with Crippen LogP contribution in [-0.2, 0) is 9.47 Å². The van der Waals surface area contributed by atoms with E-state index in [1.165, 1.54) is 17.2 Å². The summed E-state index contributed by atoms with van der Waals surface area (Å²) in [6, 6.07) is 9.32. The number of carbonyl (C=O) groups is 2. The number of hydrogen-bond donors (Lipinski definition) is 2. The van der Waals surface area contributed by atoms with E-state index in [4.69, 9.17) is 21.1 Å². The van der Waals surface area contributed by atoms with Gasteiger partial charge in [0.1, 0.15) is 17.5 Å². The Hall–Kier alpha value is -3.63. The van der Waals surface area contributed by atoms with Crippen molar-refractivity contribution in [3.8, 4) is 0 Å². The first-order chi connectivity index (χ1) is 16.9. The lowest BCUT2D eigenvalue weighted by Crippen LogP contribution is -2.37. The number of anilines is 2. The number of nitrogens with one attached hydrogen (secondary N) is 2. The van der Waals surface area contributed by atoms with Crippen LogP contribution >= 0.6 is 11.6 Å². The predicted octanol–water partition coefficient (Wildman–Crippen LogP) is 2.91. The van der Waals surface area contributed by atoms with Crippen LogP contribution in [0, 0.1) is 5.82 Å². The molecule has 3 heterocycles. The first-order valence-electron chi connectivity index (χ1n) is 11.1. The van der Waals surface area contributed by atoms with Crippen molar-refractivity contribution in [2.45, 2.75) is 6.10 Å². The van der Waals surface area contributed by atoms with Crippen LogP contribution in [0.5, 0.6) is 0 Å². The fourth-order valence-electron chi connectivity index (χ4n) is 4.23. The third kappa shape index (κ3) is 4.67. The maximum Gasteiger partial charge on any atom is 0.414 e. The lowest BCUT2D eigenvalue weighted by molar-refractivity contribution is 0.0915. The highest BCUT2D eigenvalue weighted by atomic mass is 35.5. The SMILES string of the molecule is O=C(NC[C@H]1CN(c2ccc(N3CCOCC3)c(F)c2)C(=O)O1)c1c[nH]c2cc(Cl)ccc2c1=O. The molecule has 2 fully saturated rings. The number of amides is 2. The van der Waals surface area contributed by atoms with Crippen LogP contribution < -0.4 is 20.5 Å². The van der Waals surface area contributed by atoms with Crippen molar-refractivity contribution in [2.24, 2.45) is 0 Å². The maximum atomic E-state index is 14.8. The molecule has 0 saturated carbocycles. The summed E-state index contributed by atoms with van der Waals surface area (Å²) in [6.45, 7) is 2.38. The van der Waals surface area contributed by atoms with E-state index in [1.54, 1.807) is 30.3 Å². The second-order valence-corrected chi connectivity index (χ2v) is 8.72. The molecule has 0 spiro atoms. The van der Waals surface area contributed by atoms with Crippen LogP contribution in [0.15, 0.2) is 47.4 Å². The number of halogens is 2. The van der Waals surface area contributed by atoms with Gasteiger partial charge < -0.3 is 24.7 Å². The number of fused-ring (bicyclic) bond motifs is 1. The van der Waals surface area contributed by atoms with Gasteiger partial charge in [0.15, 0.2) is 0 Å². The van der Waals surface area contributed by atoms with Crippen molar-refractivity contribution >= 4 is 45.9 Å². The van der Waals surface area contributed by atoms with Gasteiger partial charge in [0, 0.05) is 29.7 Å². The van der Waals surface area contributed by atoms with Crippen LogP contribution in [-0.4, -0.2) is 62.5 Å². The average molecular weight is 501 g/mol. The van der Waals surface area contributed by atoms with Gasteiger partial charge in [0.2, 0.25) is 5.43 Å². The van der Waals surface area contributed by atoms with E-state index in [-0.39, 0.29) is 18.7 Å². The Labute approximate surface area is 204 Å². The fraction of sp³-hybridized carbons (Fsp3) is 0.292. The minimum atomic E-state index is -0.660. The summed E-state index contributed by atoms with van der Waals surface area (Å²) in [6.07, 6.45) is 0.0252. The van der Waals surface area contributed by atoms with Crippen molar-refractivity contribution in [3.63, 3.8) is 0 Å². The number of pyridine rings is 1. The minimum Gasteiger partial charge on any atom is -0.442 e. The number of carbonyl (C=O) groups excluding carboxylic acids is 2. The van der Waals surface area contributed by atoms with Crippen LogP contribution in [0.25, 0.3) is 10.9 Å². The van der Waals surface area contributed by atoms with Crippen molar-refractivity contribution < 1.29 is 23.5 Å². The van der Waals surface area contributed by atoms with Crippen LogP contribution in [0.2, 0.25) is 5.02 Å². The normalized spacial score (nSPS) is 18.1. The fourth-order valence-corrected chi connectivity index (χ4v) is 4.40. The minimum absolute atomic E-state index is 0.00644. The zero-order valence-electron chi connectivity index (χ0n) is 18.6. The number of nitrogens with zero attached hydrogens (tertiary/aromatic N) is 2. The molecule has 3 aromatic rings. The number of rotatable bonds is 5. The summed E-state index contributed by atoms with van der Waals surface area (Å²) in [5.74, 6) is -1.04. The number of cyclic esters (lactones) is 1. The Morgan fingerprint density at radius 1 is 1.17 bits per heavy atom. The molecule has 1 atom stereocenters. The third-order valence-corrected chi connectivity index (χ3v) is 6.28. The number of H-pyrrole nitrogens is 1. The van der Waals surface area contributed by atoms with Gasteiger partial charge in [-0.3, -0.25) is 14.5 Å². The molecule has 2 aromatic carbocycles. The van der Waals surface area contributed by atoms with Crippen molar-refractivity contribution in [2.75, 3.05) is 49.2 Å². The van der Waals surface area contributed by atoms with Crippen molar-refractivity contribution in [3.05, 3.63) is 69.2 Å². The molecule has 0 radical (unpaired) electrons. The number of aromatic amines is 1. The van der Waals surface area contributed by atoms with E-state index in [1.807, 2.05) is 4.90 Å². The van der Waals surface area contributed by atoms with Gasteiger partial charge >= 0.3 is 6.09 Å². The van der Waals surface area contributed by atoms with Gasteiger partial charge in [-0.1, -0.05) is 11.6 Å². The maximum absolute atomic E-state index is 14.8. The molecule has 0 unspecified atom stereocenters. The molecule has 2 amide bonds. The largest absolute Gasteiger partial charge is 0.442 e. The van der Waals surface area contributed by atoms with Crippen LogP contribution in [0.1, 0.15) is 10.4 Å². The Morgan fingerprint density at radius 3 is 2.74 bits per heavy atom. The quantitative estimate of drug-likeness (QED) is 0.558. The second kappa shape index (κ2) is 9.55. The van der Waals surface area contributed by atoms with E-state index in [0.29, 0.717) is 53.6 Å². The molecule has 2 N–H and O–H groups in total. The van der Waals surface area contributed by atoms with Gasteiger partial charge in [-0.15, -0.1) is 0 Å². The summed E-state index contributed by atoms with van der Waals surface area (Å²) in [4.78, 5) is 43.8. The van der Waals surface area contributed by atoms with Gasteiger partial charge in [-0.05, 0) is 36.4 Å². The highest BCUT2D eigenvalue weighted by Gasteiger charge is 2.33. The molecule has 5 rings (SSSR count). The molecule has 2 aliphatic heterocycles. The number of morpholine rings is 1. The van der Waals surface area contributed by atoms with Gasteiger partial charge in [-0.2, -0.15) is 0 Å². The number of hydrogen-bond acceptors (Lipinski definition) is 6. The highest BCUT2D eigenvalue weighted by Crippen LogP contribution is 2.28. The Morgan fingerprint density at radius 2 is 1.97 bits per heavy atom. The molecule has 182 valence electrons. The highest BCUT2D eigenvalue weighted by molar-refractivity contribution is 6.31. The Bertz CT molecular complexity index is 1360. The third-order valence-electron chi connectivity index (χ3n) is 6.05. The molecule has 35 heavy (non-hydrogen) atoms. The zero-order valence-corrected chi connectivity index (χ0v) is 19.3. The van der Waals surface area contributed by atoms with Gasteiger partial charge in [0.25, 0.3) is 5.91 Å². The monoisotopic (exact) mass is 500 g/mol. The molecular formula is C24H22ClFN4O5. The summed E-state index contributed by atoms with van der Waals surface area (Å²) >= 11 is 5.94. The Balaban J connectivity index is 1.23. The molecule has 11 heteroatoms. The lowest BCUT2D eigenvalue weighted by Gasteiger charge is -2.29. The zero-order chi connectivity index (χ0) is 24.5. The molecule has 9 nitrogen and oxygen atoms in total. The Kier molecular flexibility index (Phi) is 6.31. The number of benzene rings is 2. The summed E-state index contributed by atoms with van der Waals surface area (Å²) in [7, 11) is 0. The first kappa shape index (κ1) is 23.1. The topological polar surface area (TPSA) is 104 Å². The van der Waals surface area contributed by atoms with Crippen LogP contribution in [0.4, 0.5) is 20.6 Å². The molecular weight excluding hydrogens is 479 g/mol. The molecule has 2 aliphatic rings. The molecule has 0 bridgehead atoms. The first-order valence-corrected chi connectivity index (χ1v) is 11.5. The van der Waals surface area contributed by atoms with Crippen molar-refractivity contribution in [1.29, 1.82) is 0 Å². The molecule has 2 saturated heterocycles. The van der Waals surface area contributed by atoms with Crippen molar-refractivity contribution in [1.82, 2.24) is 10.3 Å². The van der Waals surface area contributed by atoms with E-state index >= 15 is 0 Å². The van der Waals surface area contributed by atoms with E-state index in [0.717, 1.165) is 0 Å². The van der Waals surface area contributed by atoms with Crippen LogP contribution in [0.3, 0.4) is 0 Å². The molecule has 1 aromatic heterocycles. The summed E-state index contributed by atoms with van der Waals surface area (Å²) < 4.78 is 25.4. The summed E-state index contributed by atoms with van der Waals surface area (Å²) in [5.41, 5.74) is 0.834. The van der Waals surface area contributed by atoms with E-state index in [2.05, 4.69) is 10.3 Å². The number of ether oxygens (including phenoxy) is 2. The van der Waals surface area contributed by atoms with Gasteiger partial charge in [0.05, 0.1) is 43.2 Å². The second-order valence-electron chi connectivity index (χ2n) is 8.28. The summed E-state index contributed by atoms with van der Waals surface area (Å²) in [5, 5.41) is 3.43. The lowest BCUT2D eigenvalue weighted by atomic mass is 10.1. The standard InChI is InChI=1S/C24H22ClFN4O5/c25-14-1-3-17-20(9-14)27-12-18(22(17)31)23(32)28-11-16-13-30(24(33)35-16)15-2-4-21(19(26)10-15)29-5-7-34-8-6-29/h1-4,9-10,12,16H,5-8,11,13H2,(H,27,31)(H,28,32)/t16-/m0/s1. The van der Waals surface area contributed by atoms with Gasteiger partial charge in [-0.25, -0.2) is 9.18 Å². The molecule has 0 aliphatic carbocycles. The van der Waals surface area contributed by atoms with E-state index < -0.39 is 29.4 Å². The predicted molar refractivity (Wildman–Crippen MR) is 129 cm³/mol. The van der Waals surface area contributed by atoms with E-state index in [9.17, 15) is 18.8 Å². The smallest absolute Gasteiger partial charge is 0.414 e. The number of aromatic nitrogens is 1.